The van der Waals surface area contributed by atoms with E-state index in [1.807, 2.05) is 0 Å². The Hall–Kier alpha value is -0.920. The number of hydrogen-bond donors (Lipinski definition) is 0. The minimum Gasteiger partial charge on any atom is -0.295 e. The van der Waals surface area contributed by atoms with Gasteiger partial charge in [0.05, 0.1) is 0 Å². The monoisotopic (exact) mass is 420 g/mol. The fourth-order valence-corrected chi connectivity index (χ4v) is 3.93. The zero-order chi connectivity index (χ0) is 22.1. The molecular weight excluding hydrogens is 368 g/mol. The van der Waals surface area contributed by atoms with Crippen LogP contribution in [0.15, 0.2) is 12.2 Å². The molecule has 0 radical (unpaired) electrons. The van der Waals surface area contributed by atoms with Crippen LogP contribution < -0.4 is 0 Å². The molecule has 0 aromatic rings. The molecule has 2 nitrogen and oxygen atoms in total. The second-order valence-corrected chi connectivity index (χ2v) is 9.13. The highest BCUT2D eigenvalue weighted by atomic mass is 16.1. The molecule has 0 aromatic heterocycles. The van der Waals surface area contributed by atoms with Gasteiger partial charge in [0.25, 0.3) is 0 Å². The van der Waals surface area contributed by atoms with E-state index in [0.717, 1.165) is 25.7 Å². The second kappa shape index (κ2) is 24.4. The molecule has 0 aliphatic heterocycles. The third-order valence-electron chi connectivity index (χ3n) is 6.01. The molecule has 0 unspecified atom stereocenters. The average molecular weight is 421 g/mol. The van der Waals surface area contributed by atoms with E-state index in [2.05, 4.69) is 13.8 Å². The molecule has 0 fully saturated rings. The molecule has 0 N–H and O–H groups in total. The Morgan fingerprint density at radius 2 is 0.633 bits per heavy atom. The average Bonchev–Trinajstić information content (AvgIpc) is 2.75. The van der Waals surface area contributed by atoms with E-state index in [-0.39, 0.29) is 11.6 Å². The number of unbranched alkanes of at least 4 members (excludes halogenated alkanes) is 18. The van der Waals surface area contributed by atoms with E-state index >= 15 is 0 Å². The lowest BCUT2D eigenvalue weighted by Gasteiger charge is -2.02. The van der Waals surface area contributed by atoms with Crippen LogP contribution >= 0.6 is 0 Å². The lowest BCUT2D eigenvalue weighted by atomic mass is 10.0. The molecule has 0 heterocycles. The van der Waals surface area contributed by atoms with Gasteiger partial charge in [0, 0.05) is 12.8 Å². The Bertz CT molecular complexity index is 373. The molecule has 0 atom stereocenters. The smallest absolute Gasteiger partial charge is 0.155 e. The summed E-state index contributed by atoms with van der Waals surface area (Å²) >= 11 is 0. The molecule has 0 aliphatic carbocycles. The molecule has 176 valence electrons. The van der Waals surface area contributed by atoms with Gasteiger partial charge >= 0.3 is 0 Å². The van der Waals surface area contributed by atoms with E-state index in [0.29, 0.717) is 12.8 Å². The summed E-state index contributed by atoms with van der Waals surface area (Å²) in [6.07, 6.45) is 29.8. The molecule has 0 saturated carbocycles. The highest BCUT2D eigenvalue weighted by molar-refractivity contribution is 5.98. The van der Waals surface area contributed by atoms with Crippen LogP contribution in [0.2, 0.25) is 0 Å². The predicted octanol–water partition coefficient (Wildman–Crippen LogP) is 9.30. The van der Waals surface area contributed by atoms with Crippen LogP contribution in [0.3, 0.4) is 0 Å². The number of hydrogen-bond acceptors (Lipinski definition) is 2. The Balaban J connectivity index is 3.41. The number of allylic oxidation sites excluding steroid dienone is 2. The van der Waals surface area contributed by atoms with Gasteiger partial charge in [-0.25, -0.2) is 0 Å². The zero-order valence-electron chi connectivity index (χ0n) is 20.5. The van der Waals surface area contributed by atoms with Crippen molar-refractivity contribution in [3.8, 4) is 0 Å². The van der Waals surface area contributed by atoms with Crippen molar-refractivity contribution in [1.82, 2.24) is 0 Å². The van der Waals surface area contributed by atoms with Crippen LogP contribution in [0.5, 0.6) is 0 Å². The van der Waals surface area contributed by atoms with Gasteiger partial charge in [-0.2, -0.15) is 0 Å². The summed E-state index contributed by atoms with van der Waals surface area (Å²) in [5.41, 5.74) is 0. The summed E-state index contributed by atoms with van der Waals surface area (Å²) in [5, 5.41) is 0. The summed E-state index contributed by atoms with van der Waals surface area (Å²) in [6, 6.07) is 0. The van der Waals surface area contributed by atoms with E-state index in [9.17, 15) is 9.59 Å². The Morgan fingerprint density at radius 3 is 0.900 bits per heavy atom. The largest absolute Gasteiger partial charge is 0.295 e. The first kappa shape index (κ1) is 29.1. The summed E-state index contributed by atoms with van der Waals surface area (Å²) in [5.74, 6) is 0.233. The third kappa shape index (κ3) is 23.4. The quantitative estimate of drug-likeness (QED) is 0.115. The zero-order valence-corrected chi connectivity index (χ0v) is 20.5. The van der Waals surface area contributed by atoms with Crippen molar-refractivity contribution >= 4 is 11.6 Å². The minimum atomic E-state index is 0.117. The van der Waals surface area contributed by atoms with E-state index in [1.165, 1.54) is 115 Å². The molecule has 0 spiro atoms. The van der Waals surface area contributed by atoms with Gasteiger partial charge in [-0.15, -0.1) is 0 Å². The molecule has 0 amide bonds. The maximum atomic E-state index is 11.9. The standard InChI is InChI=1S/C28H52O2/c1-3-5-7-9-11-13-15-17-19-21-23-27(29)25-26-28(30)24-22-20-18-16-14-12-10-8-6-4-2/h25-26H,3-24H2,1-2H3/b26-25+. The molecule has 2 heteroatoms. The summed E-state index contributed by atoms with van der Waals surface area (Å²) in [6.45, 7) is 4.51. The van der Waals surface area contributed by atoms with Crippen molar-refractivity contribution < 1.29 is 9.59 Å². The van der Waals surface area contributed by atoms with Gasteiger partial charge < -0.3 is 0 Å². The van der Waals surface area contributed by atoms with Crippen LogP contribution in [0.1, 0.15) is 155 Å². The second-order valence-electron chi connectivity index (χ2n) is 9.13. The Labute approximate surface area is 188 Å². The van der Waals surface area contributed by atoms with Crippen molar-refractivity contribution in [2.45, 2.75) is 155 Å². The Kier molecular flexibility index (Phi) is 23.6. The molecule has 0 saturated heterocycles. The molecule has 0 aliphatic rings. The van der Waals surface area contributed by atoms with Crippen molar-refractivity contribution in [3.05, 3.63) is 12.2 Å². The fourth-order valence-electron chi connectivity index (χ4n) is 3.93. The van der Waals surface area contributed by atoms with Crippen LogP contribution in [-0.4, -0.2) is 11.6 Å². The van der Waals surface area contributed by atoms with E-state index in [4.69, 9.17) is 0 Å². The van der Waals surface area contributed by atoms with Gasteiger partial charge in [-0.05, 0) is 25.0 Å². The first-order chi connectivity index (χ1) is 14.7. The molecule has 0 aromatic carbocycles. The first-order valence-corrected chi connectivity index (χ1v) is 13.4. The SMILES string of the molecule is CCCCCCCCCCCCC(=O)/C=C/C(=O)CCCCCCCCCCCC. The van der Waals surface area contributed by atoms with Gasteiger partial charge in [0.2, 0.25) is 0 Å². The summed E-state index contributed by atoms with van der Waals surface area (Å²) < 4.78 is 0. The van der Waals surface area contributed by atoms with E-state index < -0.39 is 0 Å². The van der Waals surface area contributed by atoms with Crippen LogP contribution in [0.4, 0.5) is 0 Å². The maximum Gasteiger partial charge on any atom is 0.155 e. The third-order valence-corrected chi connectivity index (χ3v) is 6.01. The number of carbonyl (C=O) groups is 2. The van der Waals surface area contributed by atoms with Crippen LogP contribution in [0.25, 0.3) is 0 Å². The number of carbonyl (C=O) groups excluding carboxylic acids is 2. The number of ketones is 2. The maximum absolute atomic E-state index is 11.9. The topological polar surface area (TPSA) is 34.1 Å². The van der Waals surface area contributed by atoms with E-state index in [1.54, 1.807) is 0 Å². The predicted molar refractivity (Wildman–Crippen MR) is 132 cm³/mol. The molecule has 30 heavy (non-hydrogen) atoms. The van der Waals surface area contributed by atoms with Gasteiger partial charge in [-0.1, -0.05) is 129 Å². The normalized spacial score (nSPS) is 11.4. The lowest BCUT2D eigenvalue weighted by Crippen LogP contribution is -1.97. The highest BCUT2D eigenvalue weighted by Gasteiger charge is 2.01. The summed E-state index contributed by atoms with van der Waals surface area (Å²) in [7, 11) is 0. The van der Waals surface area contributed by atoms with Crippen LogP contribution in [0, 0.1) is 0 Å². The fraction of sp³-hybridized carbons (Fsp3) is 0.857. The molecule has 0 rings (SSSR count). The summed E-state index contributed by atoms with van der Waals surface area (Å²) in [4.78, 5) is 23.8. The number of rotatable bonds is 24. The minimum absolute atomic E-state index is 0.117. The molecular formula is C28H52O2. The lowest BCUT2D eigenvalue weighted by molar-refractivity contribution is -0.116. The Morgan fingerprint density at radius 1 is 0.400 bits per heavy atom. The molecule has 0 bridgehead atoms. The first-order valence-electron chi connectivity index (χ1n) is 13.4. The van der Waals surface area contributed by atoms with Crippen molar-refractivity contribution in [2.24, 2.45) is 0 Å². The van der Waals surface area contributed by atoms with Crippen molar-refractivity contribution in [2.75, 3.05) is 0 Å². The van der Waals surface area contributed by atoms with Gasteiger partial charge in [0.15, 0.2) is 11.6 Å². The van der Waals surface area contributed by atoms with Gasteiger partial charge in [-0.3, -0.25) is 9.59 Å². The highest BCUT2D eigenvalue weighted by Crippen LogP contribution is 2.13. The van der Waals surface area contributed by atoms with Gasteiger partial charge in [0.1, 0.15) is 0 Å². The van der Waals surface area contributed by atoms with Crippen molar-refractivity contribution in [3.63, 3.8) is 0 Å². The van der Waals surface area contributed by atoms with Crippen LogP contribution in [-0.2, 0) is 9.59 Å². The van der Waals surface area contributed by atoms with Crippen molar-refractivity contribution in [1.29, 1.82) is 0 Å².